The van der Waals surface area contributed by atoms with Gasteiger partial charge in [0.2, 0.25) is 0 Å². The average molecular weight is 194 g/mol. The zero-order valence-corrected chi connectivity index (χ0v) is 7.53. The van der Waals surface area contributed by atoms with Crippen LogP contribution in [0, 0.1) is 5.92 Å². The van der Waals surface area contributed by atoms with E-state index in [4.69, 9.17) is 9.52 Å². The Morgan fingerprint density at radius 3 is 3.07 bits per heavy atom. The van der Waals surface area contributed by atoms with Crippen molar-refractivity contribution in [3.05, 3.63) is 23.7 Å². The first-order valence-corrected chi connectivity index (χ1v) is 4.48. The molecule has 2 rings (SSSR count). The quantitative estimate of drug-likeness (QED) is 0.774. The van der Waals surface area contributed by atoms with Gasteiger partial charge in [-0.2, -0.15) is 0 Å². The number of Topliss-reactive ketones (excluding diaryl/α,β-unsaturated/α-hetero) is 1. The Balaban J connectivity index is 2.17. The second kappa shape index (κ2) is 3.29. The smallest absolute Gasteiger partial charge is 0.303 e. The molecule has 1 unspecified atom stereocenters. The number of furan rings is 1. The van der Waals surface area contributed by atoms with Gasteiger partial charge in [0, 0.05) is 19.3 Å². The Bertz CT molecular complexity index is 377. The van der Waals surface area contributed by atoms with Gasteiger partial charge in [-0.25, -0.2) is 0 Å². The van der Waals surface area contributed by atoms with Crippen molar-refractivity contribution >= 4 is 11.8 Å². The summed E-state index contributed by atoms with van der Waals surface area (Å²) < 4.78 is 5.12. The van der Waals surface area contributed by atoms with Crippen LogP contribution in [0.15, 0.2) is 16.7 Å². The summed E-state index contributed by atoms with van der Waals surface area (Å²) in [5.74, 6) is -0.352. The normalized spacial score (nSPS) is 20.6. The van der Waals surface area contributed by atoms with Gasteiger partial charge in [0.1, 0.15) is 5.76 Å². The highest BCUT2D eigenvalue weighted by atomic mass is 16.4. The number of aliphatic carboxylic acids is 1. The van der Waals surface area contributed by atoms with Gasteiger partial charge >= 0.3 is 5.97 Å². The predicted molar refractivity (Wildman–Crippen MR) is 47.1 cm³/mol. The van der Waals surface area contributed by atoms with Gasteiger partial charge in [-0.1, -0.05) is 0 Å². The molecule has 0 saturated carbocycles. The number of fused-ring (bicyclic) bond motifs is 1. The Kier molecular flexibility index (Phi) is 2.11. The van der Waals surface area contributed by atoms with E-state index in [2.05, 4.69) is 0 Å². The van der Waals surface area contributed by atoms with Crippen LogP contribution in [0.2, 0.25) is 0 Å². The third-order valence-electron chi connectivity index (χ3n) is 2.46. The first-order chi connectivity index (χ1) is 6.66. The molecule has 1 aromatic rings. The second-order valence-electron chi connectivity index (χ2n) is 3.55. The maximum absolute atomic E-state index is 11.5. The van der Waals surface area contributed by atoms with Crippen LogP contribution < -0.4 is 0 Å². The van der Waals surface area contributed by atoms with Crippen LogP contribution in [-0.4, -0.2) is 16.9 Å². The van der Waals surface area contributed by atoms with Gasteiger partial charge in [0.25, 0.3) is 0 Å². The Hall–Kier alpha value is -1.58. The number of carbonyl (C=O) groups excluding carboxylic acids is 1. The van der Waals surface area contributed by atoms with E-state index in [-0.39, 0.29) is 18.1 Å². The molecule has 0 fully saturated rings. The highest BCUT2D eigenvalue weighted by Crippen LogP contribution is 2.28. The third-order valence-corrected chi connectivity index (χ3v) is 2.46. The van der Waals surface area contributed by atoms with Crippen molar-refractivity contribution in [2.45, 2.75) is 19.3 Å². The topological polar surface area (TPSA) is 67.5 Å². The Morgan fingerprint density at radius 2 is 2.36 bits per heavy atom. The number of rotatable bonds is 2. The third kappa shape index (κ3) is 1.55. The fraction of sp³-hybridized carbons (Fsp3) is 0.400. The molecule has 1 heterocycles. The zero-order chi connectivity index (χ0) is 10.1. The molecule has 0 aliphatic heterocycles. The summed E-state index contributed by atoms with van der Waals surface area (Å²) in [5, 5.41) is 8.61. The first-order valence-electron chi connectivity index (χ1n) is 4.48. The van der Waals surface area contributed by atoms with E-state index in [1.165, 1.54) is 6.26 Å². The molecule has 4 heteroatoms. The minimum Gasteiger partial charge on any atom is -0.481 e. The molecular formula is C10H10O4. The zero-order valence-electron chi connectivity index (χ0n) is 7.53. The standard InChI is InChI=1S/C10H10O4/c11-8-3-6(5-10(12)13)4-9-7(8)1-2-14-9/h1-2,6H,3-5H2,(H,12,13). The van der Waals surface area contributed by atoms with Crippen molar-refractivity contribution < 1.29 is 19.1 Å². The van der Waals surface area contributed by atoms with Crippen LogP contribution in [0.1, 0.15) is 29.0 Å². The number of carbonyl (C=O) groups is 2. The Labute approximate surface area is 80.5 Å². The lowest BCUT2D eigenvalue weighted by atomic mass is 9.85. The van der Waals surface area contributed by atoms with Crippen LogP contribution in [-0.2, 0) is 11.2 Å². The van der Waals surface area contributed by atoms with Crippen LogP contribution in [0.5, 0.6) is 0 Å². The van der Waals surface area contributed by atoms with Crippen molar-refractivity contribution in [2.24, 2.45) is 5.92 Å². The summed E-state index contributed by atoms with van der Waals surface area (Å²) in [6.45, 7) is 0. The van der Waals surface area contributed by atoms with E-state index in [1.807, 2.05) is 0 Å². The molecule has 1 aromatic heterocycles. The lowest BCUT2D eigenvalue weighted by Gasteiger charge is -2.17. The molecule has 4 nitrogen and oxygen atoms in total. The molecule has 14 heavy (non-hydrogen) atoms. The summed E-state index contributed by atoms with van der Waals surface area (Å²) in [6.07, 6.45) is 2.39. The summed E-state index contributed by atoms with van der Waals surface area (Å²) >= 11 is 0. The summed E-state index contributed by atoms with van der Waals surface area (Å²) in [7, 11) is 0. The predicted octanol–water partition coefficient (Wildman–Crippen LogP) is 1.50. The van der Waals surface area contributed by atoms with Crippen molar-refractivity contribution in [3.63, 3.8) is 0 Å². The molecule has 1 aliphatic carbocycles. The highest BCUT2D eigenvalue weighted by Gasteiger charge is 2.28. The number of carboxylic acid groups (broad SMARTS) is 1. The van der Waals surface area contributed by atoms with E-state index in [0.29, 0.717) is 24.2 Å². The van der Waals surface area contributed by atoms with E-state index in [0.717, 1.165) is 0 Å². The van der Waals surface area contributed by atoms with Gasteiger partial charge in [0.05, 0.1) is 11.8 Å². The SMILES string of the molecule is O=C(O)CC1CC(=O)c2ccoc2C1. The van der Waals surface area contributed by atoms with Crippen molar-refractivity contribution in [1.82, 2.24) is 0 Å². The van der Waals surface area contributed by atoms with Crippen molar-refractivity contribution in [2.75, 3.05) is 0 Å². The Morgan fingerprint density at radius 1 is 1.57 bits per heavy atom. The molecule has 1 atom stereocenters. The minimum absolute atomic E-state index is 0.00810. The van der Waals surface area contributed by atoms with E-state index in [9.17, 15) is 9.59 Å². The summed E-state index contributed by atoms with van der Waals surface area (Å²) in [4.78, 5) is 22.0. The summed E-state index contributed by atoms with van der Waals surface area (Å²) in [5.41, 5.74) is 0.617. The second-order valence-corrected chi connectivity index (χ2v) is 3.55. The van der Waals surface area contributed by atoms with Crippen LogP contribution >= 0.6 is 0 Å². The number of carboxylic acids is 1. The molecule has 0 saturated heterocycles. The van der Waals surface area contributed by atoms with E-state index in [1.54, 1.807) is 6.07 Å². The monoisotopic (exact) mass is 194 g/mol. The number of hydrogen-bond acceptors (Lipinski definition) is 3. The van der Waals surface area contributed by atoms with Gasteiger partial charge in [-0.15, -0.1) is 0 Å². The molecule has 1 N–H and O–H groups in total. The molecule has 0 bridgehead atoms. The molecule has 74 valence electrons. The molecule has 1 aliphatic rings. The highest BCUT2D eigenvalue weighted by molar-refractivity contribution is 5.98. The first kappa shape index (κ1) is 8.99. The van der Waals surface area contributed by atoms with Crippen molar-refractivity contribution in [3.8, 4) is 0 Å². The molecule has 0 aromatic carbocycles. The van der Waals surface area contributed by atoms with E-state index < -0.39 is 5.97 Å². The summed E-state index contributed by atoms with van der Waals surface area (Å²) in [6, 6.07) is 1.65. The fourth-order valence-corrected chi connectivity index (χ4v) is 1.84. The van der Waals surface area contributed by atoms with Gasteiger partial charge in [0.15, 0.2) is 5.78 Å². The van der Waals surface area contributed by atoms with Gasteiger partial charge in [-0.3, -0.25) is 9.59 Å². The van der Waals surface area contributed by atoms with Crippen LogP contribution in [0.3, 0.4) is 0 Å². The molecular weight excluding hydrogens is 184 g/mol. The van der Waals surface area contributed by atoms with E-state index >= 15 is 0 Å². The molecule has 0 amide bonds. The minimum atomic E-state index is -0.863. The van der Waals surface area contributed by atoms with Crippen LogP contribution in [0.25, 0.3) is 0 Å². The lowest BCUT2D eigenvalue weighted by Crippen LogP contribution is -2.21. The van der Waals surface area contributed by atoms with Gasteiger partial charge in [-0.05, 0) is 12.0 Å². The van der Waals surface area contributed by atoms with Crippen LogP contribution in [0.4, 0.5) is 0 Å². The van der Waals surface area contributed by atoms with Gasteiger partial charge < -0.3 is 9.52 Å². The maximum atomic E-state index is 11.5. The fourth-order valence-electron chi connectivity index (χ4n) is 1.84. The number of ketones is 1. The molecule has 0 spiro atoms. The molecule has 0 radical (unpaired) electrons. The van der Waals surface area contributed by atoms with Crippen molar-refractivity contribution in [1.29, 1.82) is 0 Å². The largest absolute Gasteiger partial charge is 0.481 e. The number of hydrogen-bond donors (Lipinski definition) is 1. The maximum Gasteiger partial charge on any atom is 0.303 e. The average Bonchev–Trinajstić information content (AvgIpc) is 2.50. The lowest BCUT2D eigenvalue weighted by molar-refractivity contribution is -0.138.